The second-order valence-corrected chi connectivity index (χ2v) is 5.05. The van der Waals surface area contributed by atoms with Crippen LogP contribution in [0.15, 0.2) is 30.3 Å². The first-order valence-corrected chi connectivity index (χ1v) is 6.65. The van der Waals surface area contributed by atoms with Gasteiger partial charge in [-0.2, -0.15) is 0 Å². The van der Waals surface area contributed by atoms with E-state index in [2.05, 4.69) is 6.92 Å². The lowest BCUT2D eigenvalue weighted by Crippen LogP contribution is -2.39. The maximum atomic E-state index is 12.2. The zero-order chi connectivity index (χ0) is 12.3. The Bertz CT molecular complexity index is 379. The summed E-state index contributed by atoms with van der Waals surface area (Å²) in [4.78, 5) is 14.1. The monoisotopic (exact) mass is 251 g/mol. The Morgan fingerprint density at radius 1 is 1.41 bits per heavy atom. The first kappa shape index (κ1) is 12.4. The van der Waals surface area contributed by atoms with Crippen LogP contribution < -0.4 is 0 Å². The molecule has 2 nitrogen and oxygen atoms in total. The summed E-state index contributed by atoms with van der Waals surface area (Å²) in [7, 11) is 0. The molecule has 0 bridgehead atoms. The van der Waals surface area contributed by atoms with Gasteiger partial charge in [-0.25, -0.2) is 0 Å². The number of halogens is 1. The molecule has 0 aromatic heterocycles. The van der Waals surface area contributed by atoms with E-state index in [9.17, 15) is 4.79 Å². The van der Waals surface area contributed by atoms with E-state index in [1.165, 1.54) is 0 Å². The Kier molecular flexibility index (Phi) is 4.06. The molecule has 0 aliphatic carbocycles. The number of rotatable bonds is 3. The molecule has 1 amide bonds. The average Bonchev–Trinajstić information content (AvgIpc) is 2.71. The molecule has 2 unspecified atom stereocenters. The molecular formula is C14H18ClNO. The molecular weight excluding hydrogens is 234 g/mol. The van der Waals surface area contributed by atoms with Gasteiger partial charge < -0.3 is 4.90 Å². The maximum Gasteiger partial charge on any atom is 0.227 e. The normalized spacial score (nSPS) is 24.0. The van der Waals surface area contributed by atoms with Gasteiger partial charge in [0.25, 0.3) is 0 Å². The van der Waals surface area contributed by atoms with Gasteiger partial charge in [-0.05, 0) is 17.9 Å². The Labute approximate surface area is 108 Å². The molecule has 17 heavy (non-hydrogen) atoms. The molecule has 0 saturated carbocycles. The Morgan fingerprint density at radius 2 is 2.12 bits per heavy atom. The first-order chi connectivity index (χ1) is 8.22. The summed E-state index contributed by atoms with van der Waals surface area (Å²) in [6.45, 7) is 3.02. The Hall–Kier alpha value is -1.02. The molecule has 2 rings (SSSR count). The highest BCUT2D eigenvalue weighted by molar-refractivity contribution is 6.18. The van der Waals surface area contributed by atoms with Crippen LogP contribution in [0.1, 0.15) is 18.9 Å². The van der Waals surface area contributed by atoms with Gasteiger partial charge in [-0.1, -0.05) is 37.3 Å². The van der Waals surface area contributed by atoms with E-state index in [1.54, 1.807) is 0 Å². The second-order valence-electron chi connectivity index (χ2n) is 4.74. The molecule has 1 fully saturated rings. The van der Waals surface area contributed by atoms with Crippen LogP contribution in [0.4, 0.5) is 0 Å². The molecule has 1 aromatic carbocycles. The van der Waals surface area contributed by atoms with Crippen LogP contribution >= 0.6 is 11.6 Å². The van der Waals surface area contributed by atoms with Crippen molar-refractivity contribution >= 4 is 17.5 Å². The first-order valence-electron chi connectivity index (χ1n) is 6.11. The lowest BCUT2D eigenvalue weighted by atomic mass is 10.0. The zero-order valence-corrected chi connectivity index (χ0v) is 10.9. The predicted octanol–water partition coefficient (Wildman–Crippen LogP) is 2.70. The number of likely N-dealkylation sites (tertiary alicyclic amines) is 1. The van der Waals surface area contributed by atoms with Crippen LogP contribution in [0.3, 0.4) is 0 Å². The molecule has 0 N–H and O–H groups in total. The molecule has 92 valence electrons. The number of carbonyl (C=O) groups is 1. The molecule has 3 heteroatoms. The van der Waals surface area contributed by atoms with Crippen LogP contribution in [0.25, 0.3) is 0 Å². The van der Waals surface area contributed by atoms with Crippen LogP contribution in [-0.2, 0) is 11.2 Å². The highest BCUT2D eigenvalue weighted by Crippen LogP contribution is 2.25. The number of hydrogen-bond donors (Lipinski definition) is 0. The van der Waals surface area contributed by atoms with Gasteiger partial charge in [-0.3, -0.25) is 4.79 Å². The van der Waals surface area contributed by atoms with E-state index >= 15 is 0 Å². The lowest BCUT2D eigenvalue weighted by Gasteiger charge is -2.25. The summed E-state index contributed by atoms with van der Waals surface area (Å²) in [5, 5.41) is 0. The number of alkyl halides is 1. The van der Waals surface area contributed by atoms with Crippen molar-refractivity contribution in [3.63, 3.8) is 0 Å². The van der Waals surface area contributed by atoms with Crippen molar-refractivity contribution in [2.24, 2.45) is 5.92 Å². The summed E-state index contributed by atoms with van der Waals surface area (Å²) >= 11 is 5.95. The van der Waals surface area contributed by atoms with Crippen LogP contribution in [0.5, 0.6) is 0 Å². The van der Waals surface area contributed by atoms with Crippen LogP contribution in [0.2, 0.25) is 0 Å². The van der Waals surface area contributed by atoms with E-state index in [1.807, 2.05) is 35.2 Å². The number of benzene rings is 1. The average molecular weight is 252 g/mol. The summed E-state index contributed by atoms with van der Waals surface area (Å²) in [6.07, 6.45) is 1.55. The van der Waals surface area contributed by atoms with Gasteiger partial charge in [0, 0.05) is 18.5 Å². The number of carbonyl (C=O) groups excluding carboxylic acids is 1. The van der Waals surface area contributed by atoms with Gasteiger partial charge in [0.15, 0.2) is 0 Å². The number of amides is 1. The molecule has 1 aliphatic heterocycles. The predicted molar refractivity (Wildman–Crippen MR) is 70.1 cm³/mol. The number of hydrogen-bond acceptors (Lipinski definition) is 1. The highest BCUT2D eigenvalue weighted by Gasteiger charge is 2.33. The van der Waals surface area contributed by atoms with Gasteiger partial charge in [0.2, 0.25) is 5.91 Å². The maximum absolute atomic E-state index is 12.2. The largest absolute Gasteiger partial charge is 0.338 e. The van der Waals surface area contributed by atoms with E-state index in [4.69, 9.17) is 11.6 Å². The second kappa shape index (κ2) is 5.54. The third-order valence-corrected chi connectivity index (χ3v) is 3.88. The fourth-order valence-corrected chi connectivity index (χ4v) is 2.90. The summed E-state index contributed by atoms with van der Waals surface area (Å²) in [6, 6.07) is 10.1. The quantitative estimate of drug-likeness (QED) is 0.757. The smallest absolute Gasteiger partial charge is 0.227 e. The lowest BCUT2D eigenvalue weighted by molar-refractivity contribution is -0.131. The van der Waals surface area contributed by atoms with Crippen LogP contribution in [0, 0.1) is 5.92 Å². The van der Waals surface area contributed by atoms with Crippen molar-refractivity contribution in [2.45, 2.75) is 25.8 Å². The molecule has 2 atom stereocenters. The van der Waals surface area contributed by atoms with Gasteiger partial charge in [0.1, 0.15) is 0 Å². The summed E-state index contributed by atoms with van der Waals surface area (Å²) < 4.78 is 0. The fraction of sp³-hybridized carbons (Fsp3) is 0.500. The number of nitrogens with zero attached hydrogens (tertiary/aromatic N) is 1. The molecule has 0 spiro atoms. The standard InChI is InChI=1S/C14H18ClNO/c1-11-7-8-16(13(11)10-15)14(17)9-12-5-3-2-4-6-12/h2-6,11,13H,7-10H2,1H3. The Balaban J connectivity index is 2.01. The van der Waals surface area contributed by atoms with Crippen molar-refractivity contribution in [2.75, 3.05) is 12.4 Å². The minimum atomic E-state index is 0.200. The zero-order valence-electron chi connectivity index (χ0n) is 10.1. The van der Waals surface area contributed by atoms with Crippen LogP contribution in [-0.4, -0.2) is 29.3 Å². The molecule has 1 saturated heterocycles. The van der Waals surface area contributed by atoms with E-state index < -0.39 is 0 Å². The van der Waals surface area contributed by atoms with E-state index in [0.29, 0.717) is 18.2 Å². The van der Waals surface area contributed by atoms with Crippen molar-refractivity contribution < 1.29 is 4.79 Å². The van der Waals surface area contributed by atoms with Crippen molar-refractivity contribution in [1.29, 1.82) is 0 Å². The van der Waals surface area contributed by atoms with E-state index in [0.717, 1.165) is 18.5 Å². The topological polar surface area (TPSA) is 20.3 Å². The van der Waals surface area contributed by atoms with E-state index in [-0.39, 0.29) is 11.9 Å². The van der Waals surface area contributed by atoms with Gasteiger partial charge >= 0.3 is 0 Å². The SMILES string of the molecule is CC1CCN(C(=O)Cc2ccccc2)C1CCl. The highest BCUT2D eigenvalue weighted by atomic mass is 35.5. The van der Waals surface area contributed by atoms with Gasteiger partial charge in [0.05, 0.1) is 6.42 Å². The van der Waals surface area contributed by atoms with Gasteiger partial charge in [-0.15, -0.1) is 11.6 Å². The molecule has 1 aromatic rings. The minimum absolute atomic E-state index is 0.200. The third-order valence-electron chi connectivity index (χ3n) is 3.56. The van der Waals surface area contributed by atoms with Crippen molar-refractivity contribution in [1.82, 2.24) is 4.90 Å². The summed E-state index contributed by atoms with van der Waals surface area (Å²) in [5.74, 6) is 1.26. The van der Waals surface area contributed by atoms with Crippen molar-refractivity contribution in [3.05, 3.63) is 35.9 Å². The molecule has 1 aliphatic rings. The molecule has 1 heterocycles. The summed E-state index contributed by atoms with van der Waals surface area (Å²) in [5.41, 5.74) is 1.07. The fourth-order valence-electron chi connectivity index (χ4n) is 2.43. The van der Waals surface area contributed by atoms with Crippen molar-refractivity contribution in [3.8, 4) is 0 Å². The minimum Gasteiger partial charge on any atom is -0.338 e. The third kappa shape index (κ3) is 2.81. The Morgan fingerprint density at radius 3 is 2.76 bits per heavy atom. The molecule has 0 radical (unpaired) electrons.